The van der Waals surface area contributed by atoms with Crippen LogP contribution in [0.3, 0.4) is 0 Å². The second-order valence-electron chi connectivity index (χ2n) is 7.27. The van der Waals surface area contributed by atoms with Crippen LogP contribution < -0.4 is 39.7 Å². The highest BCUT2D eigenvalue weighted by Crippen LogP contribution is 1.96. The Labute approximate surface area is 223 Å². The van der Waals surface area contributed by atoms with Crippen molar-refractivity contribution in [2.75, 3.05) is 19.6 Å². The molecule has 230 valence electrons. The molecule has 0 rings (SSSR count). The number of carbonyl (C=O) groups is 6. The summed E-state index contributed by atoms with van der Waals surface area (Å²) in [4.78, 5) is 58.3. The summed E-state index contributed by atoms with van der Waals surface area (Å²) in [7, 11) is 0. The minimum atomic E-state index is -1.29. The van der Waals surface area contributed by atoms with Crippen LogP contribution in [0.2, 0.25) is 0 Å². The van der Waals surface area contributed by atoms with E-state index in [4.69, 9.17) is 59.0 Å². The normalized spacial score (nSPS) is 11.4. The van der Waals surface area contributed by atoms with Gasteiger partial charge in [-0.2, -0.15) is 0 Å². The van der Waals surface area contributed by atoms with E-state index >= 15 is 0 Å². The standard InChI is InChI=1S/C6H14N4O2.C5H11NO2.C4H7NO4.2C2H5NO2/c7-4(5(11)12)2-1-3-10-6(8)9;1-3(2)4(6)5(7)8;5-2(4(8)9)1-3(6)7;2*3-1-2(4)5/h4H,1-3,7H2,(H,11,12)(H4,8,9,10);3-4H,6H2,1-2H3,(H,7,8);2H,1,5H2,(H,6,7)(H,8,9);2*1,3H2,(H,4,5)/t2*4-;2-;;/m000../s1. The lowest BCUT2D eigenvalue weighted by atomic mass is 10.1. The number of rotatable bonds is 12. The topological polar surface area (TPSA) is 416 Å². The van der Waals surface area contributed by atoms with Crippen molar-refractivity contribution in [3.8, 4) is 0 Å². The Morgan fingerprint density at radius 3 is 1.23 bits per heavy atom. The molecule has 20 nitrogen and oxygen atoms in total. The van der Waals surface area contributed by atoms with Gasteiger partial charge in [0.1, 0.15) is 18.1 Å². The van der Waals surface area contributed by atoms with E-state index in [0.717, 1.165) is 0 Å². The molecule has 0 aliphatic rings. The maximum atomic E-state index is 10.2. The van der Waals surface area contributed by atoms with Gasteiger partial charge in [0, 0.05) is 6.54 Å². The van der Waals surface area contributed by atoms with E-state index in [0.29, 0.717) is 19.4 Å². The zero-order chi connectivity index (χ0) is 32.3. The number of carboxylic acids is 6. The molecule has 0 saturated heterocycles. The van der Waals surface area contributed by atoms with Crippen molar-refractivity contribution in [2.24, 2.45) is 40.3 Å². The van der Waals surface area contributed by atoms with E-state index < -0.39 is 60.4 Å². The van der Waals surface area contributed by atoms with Gasteiger partial charge in [-0.15, -0.1) is 0 Å². The summed E-state index contributed by atoms with van der Waals surface area (Å²) in [5.74, 6) is -6.46. The van der Waals surface area contributed by atoms with Gasteiger partial charge in [-0.25, -0.2) is 0 Å². The molecule has 0 amide bonds. The second-order valence-corrected chi connectivity index (χ2v) is 7.27. The van der Waals surface area contributed by atoms with Crippen LogP contribution in [-0.4, -0.2) is 110 Å². The lowest BCUT2D eigenvalue weighted by Gasteiger charge is -2.07. The van der Waals surface area contributed by atoms with Gasteiger partial charge in [0.15, 0.2) is 5.96 Å². The molecule has 20 N–H and O–H groups in total. The van der Waals surface area contributed by atoms with Crippen LogP contribution >= 0.6 is 0 Å². The molecule has 0 heterocycles. The molecule has 20 heteroatoms. The van der Waals surface area contributed by atoms with Gasteiger partial charge in [-0.05, 0) is 18.8 Å². The first-order valence-electron chi connectivity index (χ1n) is 10.8. The molecular formula is C19H42N8O12. The molecule has 3 atom stereocenters. The smallest absolute Gasteiger partial charge is 0.321 e. The average molecular weight is 575 g/mol. The molecule has 0 fully saturated rings. The Bertz CT molecular complexity index is 738. The lowest BCUT2D eigenvalue weighted by Crippen LogP contribution is -2.34. The summed E-state index contributed by atoms with van der Waals surface area (Å²) in [6.45, 7) is 3.48. The highest BCUT2D eigenvalue weighted by Gasteiger charge is 2.15. The molecule has 0 aliphatic heterocycles. The van der Waals surface area contributed by atoms with E-state index in [1.54, 1.807) is 13.8 Å². The Morgan fingerprint density at radius 2 is 1.08 bits per heavy atom. The fourth-order valence-electron chi connectivity index (χ4n) is 1.23. The third-order valence-electron chi connectivity index (χ3n) is 3.39. The molecule has 0 saturated carbocycles. The van der Waals surface area contributed by atoms with Crippen molar-refractivity contribution in [3.05, 3.63) is 0 Å². The van der Waals surface area contributed by atoms with Crippen LogP contribution in [-0.2, 0) is 28.8 Å². The second kappa shape index (κ2) is 28.5. The number of nitrogens with two attached hydrogens (primary N) is 6. The first-order valence-corrected chi connectivity index (χ1v) is 10.8. The Hall–Kier alpha value is -4.11. The van der Waals surface area contributed by atoms with E-state index in [-0.39, 0.29) is 25.0 Å². The summed E-state index contributed by atoms with van der Waals surface area (Å²) in [5.41, 5.74) is 29.4. The summed E-state index contributed by atoms with van der Waals surface area (Å²) in [5, 5.41) is 57.2. The summed E-state index contributed by atoms with van der Waals surface area (Å²) >= 11 is 0. The minimum Gasteiger partial charge on any atom is -0.481 e. The maximum absolute atomic E-state index is 10.2. The van der Waals surface area contributed by atoms with Gasteiger partial charge in [-0.3, -0.25) is 34.2 Å². The largest absolute Gasteiger partial charge is 0.481 e. The van der Waals surface area contributed by atoms with Gasteiger partial charge in [-0.1, -0.05) is 13.8 Å². The molecule has 0 aromatic rings. The van der Waals surface area contributed by atoms with Gasteiger partial charge in [0.25, 0.3) is 0 Å². The first kappa shape index (κ1) is 44.9. The van der Waals surface area contributed by atoms with Crippen LogP contribution in [0.4, 0.5) is 0 Å². The van der Waals surface area contributed by atoms with Gasteiger partial charge >= 0.3 is 35.8 Å². The summed E-state index contributed by atoms with van der Waals surface area (Å²) < 4.78 is 0. The molecule has 0 spiro atoms. The minimum absolute atomic E-state index is 0.0208. The van der Waals surface area contributed by atoms with Crippen molar-refractivity contribution in [3.63, 3.8) is 0 Å². The Morgan fingerprint density at radius 1 is 0.718 bits per heavy atom. The van der Waals surface area contributed by atoms with E-state index in [1.165, 1.54) is 0 Å². The average Bonchev–Trinajstić information content (AvgIpc) is 2.81. The van der Waals surface area contributed by atoms with Crippen LogP contribution in [0.25, 0.3) is 0 Å². The highest BCUT2D eigenvalue weighted by molar-refractivity contribution is 5.80. The van der Waals surface area contributed by atoms with E-state index in [2.05, 4.69) is 16.8 Å². The van der Waals surface area contributed by atoms with E-state index in [9.17, 15) is 28.8 Å². The van der Waals surface area contributed by atoms with Crippen LogP contribution in [0.1, 0.15) is 33.1 Å². The van der Waals surface area contributed by atoms with Gasteiger partial charge in [0.2, 0.25) is 0 Å². The monoisotopic (exact) mass is 574 g/mol. The molecule has 0 aromatic heterocycles. The van der Waals surface area contributed by atoms with Crippen LogP contribution in [0.15, 0.2) is 0 Å². The third kappa shape index (κ3) is 47.7. The van der Waals surface area contributed by atoms with E-state index in [1.807, 2.05) is 0 Å². The number of carboxylic acid groups (broad SMARTS) is 6. The third-order valence-corrected chi connectivity index (χ3v) is 3.39. The quantitative estimate of drug-likeness (QED) is 0.0594. The lowest BCUT2D eigenvalue weighted by molar-refractivity contribution is -0.144. The van der Waals surface area contributed by atoms with Crippen molar-refractivity contribution in [1.82, 2.24) is 5.32 Å². The Balaban J connectivity index is -0.000000129. The zero-order valence-corrected chi connectivity index (χ0v) is 21.6. The number of guanidine groups is 1. The number of hydrogen-bond donors (Lipinski definition) is 14. The molecule has 0 aromatic carbocycles. The molecular weight excluding hydrogens is 532 g/mol. The number of aliphatic carboxylic acids is 6. The molecule has 39 heavy (non-hydrogen) atoms. The van der Waals surface area contributed by atoms with Crippen LogP contribution in [0, 0.1) is 11.3 Å². The van der Waals surface area contributed by atoms with Crippen molar-refractivity contribution in [2.45, 2.75) is 51.2 Å². The predicted octanol–water partition coefficient (Wildman–Crippen LogP) is -4.35. The highest BCUT2D eigenvalue weighted by atomic mass is 16.4. The maximum Gasteiger partial charge on any atom is 0.321 e. The predicted molar refractivity (Wildman–Crippen MR) is 136 cm³/mol. The van der Waals surface area contributed by atoms with Gasteiger partial charge in [0.05, 0.1) is 19.5 Å². The van der Waals surface area contributed by atoms with Gasteiger partial charge < -0.3 is 70.4 Å². The SMILES string of the molecule is CC(C)[C@H](N)C(=O)O.N=C(N)NCCC[C@H](N)C(=O)O.NCC(=O)O.NCC(=O)O.N[C@@H](CC(=O)O)C(=O)O. The molecule has 0 radical (unpaired) electrons. The first-order chi connectivity index (χ1) is 17.7. The molecule has 0 aliphatic carbocycles. The Kier molecular flexibility index (Phi) is 32.7. The zero-order valence-electron chi connectivity index (χ0n) is 21.6. The number of hydrogen-bond acceptors (Lipinski definition) is 12. The number of nitrogens with one attached hydrogen (secondary N) is 2. The van der Waals surface area contributed by atoms with Crippen LogP contribution in [0.5, 0.6) is 0 Å². The molecule has 0 unspecified atom stereocenters. The van der Waals surface area contributed by atoms with Crippen molar-refractivity contribution in [1.29, 1.82) is 5.41 Å². The fourth-order valence-corrected chi connectivity index (χ4v) is 1.23. The summed E-state index contributed by atoms with van der Waals surface area (Å²) in [6.07, 6.45) is 0.442. The molecule has 0 bridgehead atoms. The summed E-state index contributed by atoms with van der Waals surface area (Å²) in [6, 6.07) is -2.82. The van der Waals surface area contributed by atoms with Crippen molar-refractivity contribution < 1.29 is 59.4 Å². The fraction of sp³-hybridized carbons (Fsp3) is 0.632. The van der Waals surface area contributed by atoms with Crippen molar-refractivity contribution >= 4 is 41.8 Å².